The Morgan fingerprint density at radius 3 is 2.56 bits per heavy atom. The molecule has 0 spiro atoms. The summed E-state index contributed by atoms with van der Waals surface area (Å²) >= 11 is 0. The van der Waals surface area contributed by atoms with Gasteiger partial charge < -0.3 is 35.6 Å². The van der Waals surface area contributed by atoms with Crippen LogP contribution in [-0.2, 0) is 11.3 Å². The predicted molar refractivity (Wildman–Crippen MR) is 173 cm³/mol. The summed E-state index contributed by atoms with van der Waals surface area (Å²) < 4.78 is 5.55. The van der Waals surface area contributed by atoms with Crippen LogP contribution in [0.15, 0.2) is 59.0 Å². The fourth-order valence-corrected chi connectivity index (χ4v) is 5.21. The minimum Gasteiger partial charge on any atom is -0.494 e. The zero-order valence-corrected chi connectivity index (χ0v) is 25.7. The topological polar surface area (TPSA) is 176 Å². The van der Waals surface area contributed by atoms with Crippen molar-refractivity contribution >= 4 is 41.0 Å². The molecule has 1 saturated heterocycles. The average molecular weight is 615 g/mol. The fourth-order valence-electron chi connectivity index (χ4n) is 5.21. The summed E-state index contributed by atoms with van der Waals surface area (Å²) in [5.74, 6) is 5.25. The van der Waals surface area contributed by atoms with Crippen LogP contribution >= 0.6 is 0 Å². The van der Waals surface area contributed by atoms with Gasteiger partial charge >= 0.3 is 0 Å². The molecule has 0 saturated carbocycles. The summed E-state index contributed by atoms with van der Waals surface area (Å²) in [5, 5.41) is 20.9. The number of benzene rings is 1. The molecule has 0 unspecified atom stereocenters. The minimum atomic E-state index is -0.649. The number of hydrazone groups is 2. The lowest BCUT2D eigenvalue weighted by Gasteiger charge is -2.37. The number of guanidine groups is 1. The van der Waals surface area contributed by atoms with Crippen molar-refractivity contribution in [2.75, 3.05) is 65.5 Å². The number of rotatable bonds is 11. The largest absolute Gasteiger partial charge is 0.494 e. The molecule has 3 aromatic heterocycles. The van der Waals surface area contributed by atoms with Crippen molar-refractivity contribution in [2.24, 2.45) is 16.0 Å². The van der Waals surface area contributed by atoms with E-state index in [-0.39, 0.29) is 18.7 Å². The molecular weight excluding hydrogens is 576 g/mol. The smallest absolute Gasteiger partial charge is 0.295 e. The third-order valence-corrected chi connectivity index (χ3v) is 7.55. The van der Waals surface area contributed by atoms with Crippen LogP contribution in [0.1, 0.15) is 16.1 Å². The van der Waals surface area contributed by atoms with Gasteiger partial charge in [-0.15, -0.1) is 5.10 Å². The third kappa shape index (κ3) is 6.63. The van der Waals surface area contributed by atoms with Gasteiger partial charge in [0.2, 0.25) is 5.96 Å². The van der Waals surface area contributed by atoms with E-state index in [1.54, 1.807) is 0 Å². The van der Waals surface area contributed by atoms with Crippen molar-refractivity contribution in [1.29, 1.82) is 0 Å². The van der Waals surface area contributed by atoms with Crippen molar-refractivity contribution in [3.05, 3.63) is 60.0 Å². The third-order valence-electron chi connectivity index (χ3n) is 7.55. The van der Waals surface area contributed by atoms with E-state index in [0.29, 0.717) is 53.6 Å². The molecule has 15 nitrogen and oxygen atoms in total. The molecule has 45 heavy (non-hydrogen) atoms. The number of piperazine rings is 1. The Morgan fingerprint density at radius 1 is 1.16 bits per heavy atom. The molecule has 1 aliphatic rings. The molecular formula is C30H38N12O3. The molecule has 5 N–H and O–H groups in total. The van der Waals surface area contributed by atoms with E-state index in [9.17, 15) is 9.59 Å². The van der Waals surface area contributed by atoms with Gasteiger partial charge in [0.1, 0.15) is 17.1 Å². The number of nitrogens with two attached hydrogens (primary N) is 1. The van der Waals surface area contributed by atoms with E-state index in [0.717, 1.165) is 24.5 Å². The Balaban J connectivity index is 1.30. The highest BCUT2D eigenvalue weighted by Gasteiger charge is 2.32. The maximum atomic E-state index is 13.6. The number of methoxy groups -OCH3 is 1. The number of pyridine rings is 1. The zero-order valence-electron chi connectivity index (χ0n) is 25.7. The number of carbonyl (C=O) groups excluding carboxylic acids is 2. The number of carbonyl (C=O) groups is 2. The van der Waals surface area contributed by atoms with Crippen molar-refractivity contribution in [2.45, 2.75) is 6.54 Å². The van der Waals surface area contributed by atoms with E-state index in [2.05, 4.69) is 47.3 Å². The van der Waals surface area contributed by atoms with Crippen molar-refractivity contribution in [3.63, 3.8) is 0 Å². The van der Waals surface area contributed by atoms with Gasteiger partial charge in [-0.2, -0.15) is 15.2 Å². The number of nitrogens with zero attached hydrogens (tertiary/aromatic N) is 8. The number of hydrogen-bond acceptors (Lipinski definition) is 10. The number of Topliss-reactive ketones (excluding diaryl/α,β-unsaturated/α-hetero) is 1. The van der Waals surface area contributed by atoms with Crippen LogP contribution in [0.4, 0.5) is 5.69 Å². The van der Waals surface area contributed by atoms with Gasteiger partial charge in [0, 0.05) is 64.4 Å². The van der Waals surface area contributed by atoms with Crippen LogP contribution in [0.2, 0.25) is 0 Å². The minimum absolute atomic E-state index is 0.203. The monoisotopic (exact) mass is 614 g/mol. The number of ketones is 1. The van der Waals surface area contributed by atoms with Crippen LogP contribution in [-0.4, -0.2) is 120 Å². The first kappa shape index (κ1) is 31.2. The number of fused-ring (bicyclic) bond motifs is 1. The lowest BCUT2D eigenvalue weighted by molar-refractivity contribution is -0.127. The predicted octanol–water partition coefficient (Wildman–Crippen LogP) is 1.29. The molecule has 5 rings (SSSR count). The summed E-state index contributed by atoms with van der Waals surface area (Å²) in [6, 6.07) is 11.3. The highest BCUT2D eigenvalue weighted by molar-refractivity contribution is 6.45. The Morgan fingerprint density at radius 2 is 1.89 bits per heavy atom. The van der Waals surface area contributed by atoms with Crippen LogP contribution in [0.3, 0.4) is 0 Å². The first-order valence-corrected chi connectivity index (χ1v) is 14.5. The highest BCUT2D eigenvalue weighted by atomic mass is 16.5. The highest BCUT2D eigenvalue weighted by Crippen LogP contribution is 2.34. The Kier molecular flexibility index (Phi) is 9.70. The molecule has 0 bridgehead atoms. The van der Waals surface area contributed by atoms with Crippen LogP contribution in [0.5, 0.6) is 5.75 Å². The molecule has 15 heteroatoms. The fraction of sp³-hybridized carbons (Fsp3) is 0.333. The quantitative estimate of drug-likeness (QED) is 0.0366. The van der Waals surface area contributed by atoms with Gasteiger partial charge in [0.25, 0.3) is 11.7 Å². The number of aromatic nitrogens is 4. The standard InChI is InChI=1S/C30H38N12O3/c1-32-42(21-8-6-5-7-9-21)30(36-31)41-14-12-40(13-15-41)29(44)28(43)22-18-34-27-25(22)24(45-4)19-35-26(27)23-16-20(37-38-23)17-33-10-11-39(2)3/h5-9,16,18-19,33-34H,1,10-15,17,31H2,2-4H3,(H,37,38)/b36-30-. The number of ether oxygens (including phenoxy) is 1. The molecule has 1 fully saturated rings. The Bertz CT molecular complexity index is 1670. The summed E-state index contributed by atoms with van der Waals surface area (Å²) in [5.41, 5.74) is 3.53. The first-order chi connectivity index (χ1) is 21.9. The summed E-state index contributed by atoms with van der Waals surface area (Å²) in [7, 11) is 5.55. The average Bonchev–Trinajstić information content (AvgIpc) is 3.73. The van der Waals surface area contributed by atoms with Crippen LogP contribution in [0.25, 0.3) is 22.3 Å². The molecule has 1 aliphatic heterocycles. The van der Waals surface area contributed by atoms with E-state index < -0.39 is 11.7 Å². The van der Waals surface area contributed by atoms with E-state index in [1.165, 1.54) is 29.4 Å². The number of likely N-dealkylation sites (N-methyl/N-ethyl adjacent to an activating group) is 1. The number of anilines is 1. The van der Waals surface area contributed by atoms with E-state index >= 15 is 0 Å². The molecule has 4 heterocycles. The Hall–Kier alpha value is -5.28. The number of amides is 1. The van der Waals surface area contributed by atoms with Gasteiger partial charge in [0.15, 0.2) is 0 Å². The molecule has 1 amide bonds. The van der Waals surface area contributed by atoms with Gasteiger partial charge in [-0.1, -0.05) is 18.2 Å². The normalized spacial score (nSPS) is 13.8. The Labute approximate surface area is 260 Å². The summed E-state index contributed by atoms with van der Waals surface area (Å²) in [4.78, 5) is 40.3. The molecule has 0 aliphatic carbocycles. The molecule has 4 aromatic rings. The van der Waals surface area contributed by atoms with Crippen molar-refractivity contribution < 1.29 is 14.3 Å². The van der Waals surface area contributed by atoms with Gasteiger partial charge in [0.05, 0.1) is 35.5 Å². The van der Waals surface area contributed by atoms with Crippen molar-refractivity contribution in [3.8, 4) is 17.1 Å². The molecule has 0 radical (unpaired) electrons. The van der Waals surface area contributed by atoms with Gasteiger partial charge in [-0.3, -0.25) is 14.7 Å². The van der Waals surface area contributed by atoms with E-state index in [4.69, 9.17) is 10.6 Å². The molecule has 236 valence electrons. The zero-order chi connectivity index (χ0) is 31.9. The van der Waals surface area contributed by atoms with Gasteiger partial charge in [-0.25, -0.2) is 4.98 Å². The maximum Gasteiger partial charge on any atom is 0.295 e. The second-order valence-electron chi connectivity index (χ2n) is 10.7. The summed E-state index contributed by atoms with van der Waals surface area (Å²) in [6.45, 7) is 7.38. The SMILES string of the molecule is C=NN(/C(=N\N)N1CCN(C(=O)C(=O)c2c[nH]c3c(-c4cc(CNCCN(C)C)[nH]n4)ncc(OC)c23)CC1)c1ccccc1. The van der Waals surface area contributed by atoms with E-state index in [1.807, 2.05) is 55.4 Å². The van der Waals surface area contributed by atoms with Crippen LogP contribution < -0.4 is 20.9 Å². The van der Waals surface area contributed by atoms with Crippen LogP contribution in [0, 0.1) is 0 Å². The first-order valence-electron chi connectivity index (χ1n) is 14.5. The lowest BCUT2D eigenvalue weighted by atomic mass is 10.1. The van der Waals surface area contributed by atoms with Crippen molar-refractivity contribution in [1.82, 2.24) is 40.2 Å². The number of hydrogen-bond donors (Lipinski definition) is 4. The van der Waals surface area contributed by atoms with Gasteiger partial charge in [-0.05, 0) is 32.3 Å². The second-order valence-corrected chi connectivity index (χ2v) is 10.7. The second kappa shape index (κ2) is 14.0. The lowest BCUT2D eigenvalue weighted by Crippen LogP contribution is -2.55. The number of para-hydroxylation sites is 1. The summed E-state index contributed by atoms with van der Waals surface area (Å²) in [6.07, 6.45) is 3.06. The number of H-pyrrole nitrogens is 2. The maximum absolute atomic E-state index is 13.6. The molecule has 1 aromatic carbocycles. The number of aromatic amines is 2. The number of nitrogens with one attached hydrogen (secondary N) is 3. The molecule has 0 atom stereocenters.